The van der Waals surface area contributed by atoms with Crippen LogP contribution in [0.1, 0.15) is 54.6 Å². The summed E-state index contributed by atoms with van der Waals surface area (Å²) in [5.74, 6) is -7.21. The average molecular weight is 550 g/mol. The third-order valence-corrected chi connectivity index (χ3v) is 8.50. The van der Waals surface area contributed by atoms with Crippen LogP contribution < -0.4 is 5.73 Å². The summed E-state index contributed by atoms with van der Waals surface area (Å²) < 4.78 is 27.5. The SMILES string of the molecule is CCc1c(CN2CCC(F)(F)C2)ccc(O)c1C(=O)C1=C(O)C2C(CC1)[C@H](N(C)C)C(O)=C(C(N)=O)C2(C)O. The summed E-state index contributed by atoms with van der Waals surface area (Å²) >= 11 is 0. The first-order valence-corrected chi connectivity index (χ1v) is 13.1. The van der Waals surface area contributed by atoms with Crippen molar-refractivity contribution in [3.8, 4) is 5.75 Å². The van der Waals surface area contributed by atoms with Crippen molar-refractivity contribution < 1.29 is 38.8 Å². The van der Waals surface area contributed by atoms with Crippen molar-refractivity contribution >= 4 is 11.7 Å². The zero-order chi connectivity index (χ0) is 29.0. The third-order valence-electron chi connectivity index (χ3n) is 8.50. The Morgan fingerprint density at radius 1 is 1.18 bits per heavy atom. The number of ketones is 1. The number of Topliss-reactive ketones (excluding diaryl/α,β-unsaturated/α-hetero) is 1. The van der Waals surface area contributed by atoms with Gasteiger partial charge >= 0.3 is 0 Å². The highest BCUT2D eigenvalue weighted by Gasteiger charge is 2.57. The Kier molecular flexibility index (Phi) is 7.57. The van der Waals surface area contributed by atoms with Crippen LogP contribution in [0.2, 0.25) is 0 Å². The molecule has 1 heterocycles. The van der Waals surface area contributed by atoms with Crippen LogP contribution in [0.4, 0.5) is 8.78 Å². The second-order valence-corrected chi connectivity index (χ2v) is 11.3. The zero-order valence-corrected chi connectivity index (χ0v) is 22.7. The minimum absolute atomic E-state index is 0.0194. The van der Waals surface area contributed by atoms with Crippen molar-refractivity contribution in [3.63, 3.8) is 0 Å². The highest BCUT2D eigenvalue weighted by Crippen LogP contribution is 2.51. The zero-order valence-electron chi connectivity index (χ0n) is 22.7. The van der Waals surface area contributed by atoms with Crippen LogP contribution in [-0.2, 0) is 17.8 Å². The van der Waals surface area contributed by atoms with Crippen LogP contribution in [0.3, 0.4) is 0 Å². The van der Waals surface area contributed by atoms with Crippen molar-refractivity contribution in [2.75, 3.05) is 27.2 Å². The monoisotopic (exact) mass is 549 g/mol. The van der Waals surface area contributed by atoms with E-state index in [4.69, 9.17) is 5.73 Å². The number of aliphatic hydroxyl groups excluding tert-OH is 2. The molecule has 39 heavy (non-hydrogen) atoms. The molecule has 0 aromatic heterocycles. The molecule has 9 nitrogen and oxygen atoms in total. The lowest BCUT2D eigenvalue weighted by Crippen LogP contribution is -2.58. The maximum Gasteiger partial charge on any atom is 0.261 e. The number of halogens is 2. The van der Waals surface area contributed by atoms with E-state index in [0.717, 1.165) is 0 Å². The Morgan fingerprint density at radius 2 is 1.85 bits per heavy atom. The second-order valence-electron chi connectivity index (χ2n) is 11.3. The van der Waals surface area contributed by atoms with Crippen LogP contribution in [0.25, 0.3) is 0 Å². The Balaban J connectivity index is 1.78. The van der Waals surface area contributed by atoms with E-state index in [1.165, 1.54) is 13.0 Å². The topological polar surface area (TPSA) is 148 Å². The third kappa shape index (κ3) is 4.92. The molecule has 0 saturated carbocycles. The number of rotatable bonds is 7. The number of hydrogen-bond donors (Lipinski definition) is 5. The Bertz CT molecular complexity index is 1260. The molecule has 1 aliphatic heterocycles. The molecule has 0 spiro atoms. The van der Waals surface area contributed by atoms with E-state index in [-0.39, 0.29) is 61.5 Å². The number of nitrogens with zero attached hydrogens (tertiary/aromatic N) is 2. The number of primary amides is 1. The van der Waals surface area contributed by atoms with E-state index in [0.29, 0.717) is 17.5 Å². The summed E-state index contributed by atoms with van der Waals surface area (Å²) in [4.78, 5) is 29.5. The van der Waals surface area contributed by atoms with Gasteiger partial charge in [0.05, 0.1) is 29.6 Å². The van der Waals surface area contributed by atoms with Gasteiger partial charge in [0.15, 0.2) is 5.78 Å². The molecule has 3 unspecified atom stereocenters. The van der Waals surface area contributed by atoms with Crippen LogP contribution in [-0.4, -0.2) is 86.7 Å². The highest BCUT2D eigenvalue weighted by molar-refractivity contribution is 6.12. The summed E-state index contributed by atoms with van der Waals surface area (Å²) in [7, 11) is 3.37. The predicted molar refractivity (Wildman–Crippen MR) is 139 cm³/mol. The standard InChI is InChI=1S/C28H37F2N3O6/c1-5-15-14(12-33-11-10-28(29,30)13-33)6-9-18(34)19(15)23(35)17-8-7-16-20(24(17)36)27(2,39)21(26(31)38)25(37)22(16)32(3)4/h6,9,16,20,22,34,36-37,39H,5,7-8,10-13H2,1-4H3,(H2,31,38)/t16?,20?,22-,27?/m0/s1. The lowest BCUT2D eigenvalue weighted by atomic mass is 9.60. The number of alkyl halides is 2. The summed E-state index contributed by atoms with van der Waals surface area (Å²) in [5.41, 5.74) is 4.12. The molecule has 214 valence electrons. The van der Waals surface area contributed by atoms with Gasteiger partial charge in [-0.15, -0.1) is 0 Å². The molecule has 2 aliphatic carbocycles. The highest BCUT2D eigenvalue weighted by atomic mass is 19.3. The largest absolute Gasteiger partial charge is 0.511 e. The number of nitrogens with two attached hydrogens (primary N) is 1. The van der Waals surface area contributed by atoms with Gasteiger partial charge in [-0.05, 0) is 63.4 Å². The van der Waals surface area contributed by atoms with E-state index >= 15 is 0 Å². The fourth-order valence-electron chi connectivity index (χ4n) is 6.84. The number of benzene rings is 1. The Labute approximate surface area is 226 Å². The lowest BCUT2D eigenvalue weighted by molar-refractivity contribution is -0.120. The average Bonchev–Trinajstić information content (AvgIpc) is 3.16. The number of phenols is 1. The fourth-order valence-corrected chi connectivity index (χ4v) is 6.84. The van der Waals surface area contributed by atoms with Crippen LogP contribution >= 0.6 is 0 Å². The first-order valence-electron chi connectivity index (χ1n) is 13.1. The fraction of sp³-hybridized carbons (Fsp3) is 0.571. The molecule has 0 radical (unpaired) electrons. The maximum absolute atomic E-state index is 13.9. The summed E-state index contributed by atoms with van der Waals surface area (Å²) in [6.45, 7) is 3.07. The molecule has 1 saturated heterocycles. The Hall–Kier alpha value is -3.02. The predicted octanol–water partition coefficient (Wildman–Crippen LogP) is 2.81. The molecule has 4 rings (SSSR count). The summed E-state index contributed by atoms with van der Waals surface area (Å²) in [6.07, 6.45) is 0.469. The van der Waals surface area contributed by atoms with Gasteiger partial charge < -0.3 is 26.2 Å². The molecule has 1 fully saturated rings. The second kappa shape index (κ2) is 10.2. The molecule has 11 heteroatoms. The molecule has 4 atom stereocenters. The molecule has 1 aromatic carbocycles. The Morgan fingerprint density at radius 3 is 2.38 bits per heavy atom. The summed E-state index contributed by atoms with van der Waals surface area (Å²) in [6, 6.07) is 2.23. The smallest absolute Gasteiger partial charge is 0.261 e. The first kappa shape index (κ1) is 29.0. The number of likely N-dealkylation sites (tertiary alicyclic amines) is 1. The molecular weight excluding hydrogens is 512 g/mol. The molecular formula is C28H37F2N3O6. The summed E-state index contributed by atoms with van der Waals surface area (Å²) in [5, 5.41) is 44.6. The number of allylic oxidation sites excluding steroid dienone is 1. The quantitative estimate of drug-likeness (QED) is 0.326. The number of aliphatic hydroxyl groups is 3. The van der Waals surface area contributed by atoms with Crippen molar-refractivity contribution in [1.82, 2.24) is 9.80 Å². The molecule has 6 N–H and O–H groups in total. The normalized spacial score (nSPS) is 29.2. The van der Waals surface area contributed by atoms with Crippen molar-refractivity contribution in [3.05, 3.63) is 51.5 Å². The minimum Gasteiger partial charge on any atom is -0.511 e. The number of aromatic hydroxyl groups is 1. The maximum atomic E-state index is 13.9. The van der Waals surface area contributed by atoms with Gasteiger partial charge in [-0.25, -0.2) is 8.78 Å². The van der Waals surface area contributed by atoms with Crippen LogP contribution in [0.15, 0.2) is 34.8 Å². The number of likely N-dealkylation sites (N-methyl/N-ethyl adjacent to an activating group) is 1. The van der Waals surface area contributed by atoms with Gasteiger partial charge in [-0.1, -0.05) is 13.0 Å². The van der Waals surface area contributed by atoms with Gasteiger partial charge in [0, 0.05) is 25.1 Å². The number of carbonyl (C=O) groups is 2. The van der Waals surface area contributed by atoms with E-state index in [2.05, 4.69) is 0 Å². The first-order chi connectivity index (χ1) is 18.1. The lowest BCUT2D eigenvalue weighted by Gasteiger charge is -2.50. The van der Waals surface area contributed by atoms with Gasteiger partial charge in [0.2, 0.25) is 0 Å². The van der Waals surface area contributed by atoms with E-state index in [9.17, 15) is 38.8 Å². The number of amides is 1. The molecule has 3 aliphatic rings. The number of hydrogen-bond acceptors (Lipinski definition) is 8. The van der Waals surface area contributed by atoms with E-state index < -0.39 is 52.4 Å². The molecule has 1 aromatic rings. The van der Waals surface area contributed by atoms with Crippen LogP contribution in [0, 0.1) is 11.8 Å². The van der Waals surface area contributed by atoms with E-state index in [1.807, 2.05) is 0 Å². The van der Waals surface area contributed by atoms with Crippen LogP contribution in [0.5, 0.6) is 5.75 Å². The van der Waals surface area contributed by atoms with Crippen molar-refractivity contribution in [2.45, 2.75) is 63.6 Å². The van der Waals surface area contributed by atoms with Gasteiger partial charge in [-0.3, -0.25) is 19.4 Å². The van der Waals surface area contributed by atoms with Crippen molar-refractivity contribution in [2.24, 2.45) is 17.6 Å². The van der Waals surface area contributed by atoms with Gasteiger partial charge in [0.1, 0.15) is 22.9 Å². The molecule has 1 amide bonds. The number of fused-ring (bicyclic) bond motifs is 1. The van der Waals surface area contributed by atoms with Gasteiger partial charge in [-0.2, -0.15) is 0 Å². The van der Waals surface area contributed by atoms with Crippen molar-refractivity contribution in [1.29, 1.82) is 0 Å². The van der Waals surface area contributed by atoms with E-state index in [1.54, 1.807) is 36.9 Å². The minimum atomic E-state index is -2.77. The number of carbonyl (C=O) groups excluding carboxylic acids is 2. The molecule has 0 bridgehead atoms. The van der Waals surface area contributed by atoms with Gasteiger partial charge in [0.25, 0.3) is 11.8 Å². The number of phenolic OH excluding ortho intramolecular Hbond substituents is 1.